The summed E-state index contributed by atoms with van der Waals surface area (Å²) in [5, 5.41) is 9.16. The van der Waals surface area contributed by atoms with Crippen molar-refractivity contribution in [2.24, 2.45) is 5.73 Å². The summed E-state index contributed by atoms with van der Waals surface area (Å²) in [6.45, 7) is 1.96. The second kappa shape index (κ2) is 7.34. The molecule has 102 valence electrons. The molecule has 1 rings (SSSR count). The number of carboxylic acid groups (broad SMARTS) is 1. The van der Waals surface area contributed by atoms with Gasteiger partial charge in [-0.2, -0.15) is 0 Å². The largest absolute Gasteiger partial charge is 0.480 e. The van der Waals surface area contributed by atoms with Gasteiger partial charge in [0.05, 0.1) is 0 Å². The van der Waals surface area contributed by atoms with Gasteiger partial charge in [-0.1, -0.05) is 38.0 Å². The summed E-state index contributed by atoms with van der Waals surface area (Å²) in [5.41, 5.74) is 4.84. The summed E-state index contributed by atoms with van der Waals surface area (Å²) in [6, 6.07) is 6.15. The van der Waals surface area contributed by atoms with Gasteiger partial charge < -0.3 is 10.8 Å². The van der Waals surface area contributed by atoms with Crippen molar-refractivity contribution >= 4 is 18.4 Å². The van der Waals surface area contributed by atoms with Crippen molar-refractivity contribution in [2.75, 3.05) is 0 Å². The highest BCUT2D eigenvalue weighted by atomic mass is 35.5. The third-order valence-electron chi connectivity index (χ3n) is 2.87. The average molecular weight is 276 g/mol. The molecule has 1 atom stereocenters. The molecule has 5 heteroatoms. The lowest BCUT2D eigenvalue weighted by Crippen LogP contribution is -2.50. The van der Waals surface area contributed by atoms with Gasteiger partial charge in [-0.25, -0.2) is 4.39 Å². The molecule has 0 aliphatic heterocycles. The number of nitrogens with two attached hydrogens (primary N) is 1. The molecule has 0 aliphatic carbocycles. The molecule has 1 aromatic rings. The molecule has 0 aliphatic rings. The fourth-order valence-corrected chi connectivity index (χ4v) is 1.74. The molecular weight excluding hydrogens is 257 g/mol. The van der Waals surface area contributed by atoms with Crippen LogP contribution >= 0.6 is 12.4 Å². The third-order valence-corrected chi connectivity index (χ3v) is 2.87. The van der Waals surface area contributed by atoms with Gasteiger partial charge in [-0.3, -0.25) is 4.79 Å². The molecule has 0 aromatic heterocycles. The predicted molar refractivity (Wildman–Crippen MR) is 71.4 cm³/mol. The first-order valence-electron chi connectivity index (χ1n) is 5.75. The lowest BCUT2D eigenvalue weighted by molar-refractivity contribution is -0.143. The average Bonchev–Trinajstić information content (AvgIpc) is 2.29. The van der Waals surface area contributed by atoms with Crippen molar-refractivity contribution in [3.8, 4) is 0 Å². The summed E-state index contributed by atoms with van der Waals surface area (Å²) in [4.78, 5) is 11.2. The van der Waals surface area contributed by atoms with Gasteiger partial charge >= 0.3 is 5.97 Å². The molecule has 0 saturated carbocycles. The Kier molecular flexibility index (Phi) is 6.88. The van der Waals surface area contributed by atoms with E-state index in [9.17, 15) is 9.18 Å². The lowest BCUT2D eigenvalue weighted by Gasteiger charge is -2.24. The van der Waals surface area contributed by atoms with Crippen LogP contribution in [-0.2, 0) is 11.2 Å². The third kappa shape index (κ3) is 4.27. The minimum absolute atomic E-state index is 0. The second-order valence-corrected chi connectivity index (χ2v) is 4.33. The van der Waals surface area contributed by atoms with E-state index in [1.807, 2.05) is 6.92 Å². The zero-order valence-electron chi connectivity index (χ0n) is 10.4. The summed E-state index contributed by atoms with van der Waals surface area (Å²) < 4.78 is 13.5. The number of aliphatic carboxylic acids is 1. The quantitative estimate of drug-likeness (QED) is 0.839. The Balaban J connectivity index is 0.00000289. The van der Waals surface area contributed by atoms with E-state index < -0.39 is 17.3 Å². The van der Waals surface area contributed by atoms with E-state index in [2.05, 4.69) is 0 Å². The molecule has 0 unspecified atom stereocenters. The van der Waals surface area contributed by atoms with Crippen molar-refractivity contribution in [3.63, 3.8) is 0 Å². The summed E-state index contributed by atoms with van der Waals surface area (Å²) >= 11 is 0. The number of carbonyl (C=O) groups is 1. The number of unbranched alkanes of at least 4 members (excludes halogenated alkanes) is 1. The molecule has 0 spiro atoms. The number of hydrogen-bond donors (Lipinski definition) is 2. The minimum atomic E-state index is -1.38. The maximum absolute atomic E-state index is 13.5. The normalized spacial score (nSPS) is 13.5. The molecule has 0 radical (unpaired) electrons. The van der Waals surface area contributed by atoms with Crippen molar-refractivity contribution in [1.82, 2.24) is 0 Å². The fraction of sp³-hybridized carbons (Fsp3) is 0.462. The van der Waals surface area contributed by atoms with Gasteiger partial charge in [-0.15, -0.1) is 12.4 Å². The molecule has 18 heavy (non-hydrogen) atoms. The Hall–Kier alpha value is -1.13. The number of halogens is 2. The summed E-state index contributed by atoms with van der Waals surface area (Å²) in [7, 11) is 0. The van der Waals surface area contributed by atoms with E-state index >= 15 is 0 Å². The van der Waals surface area contributed by atoms with Crippen LogP contribution in [0.1, 0.15) is 31.7 Å². The Morgan fingerprint density at radius 2 is 2.06 bits per heavy atom. The van der Waals surface area contributed by atoms with Crippen LogP contribution in [0.25, 0.3) is 0 Å². The van der Waals surface area contributed by atoms with Crippen LogP contribution in [0.2, 0.25) is 0 Å². The van der Waals surface area contributed by atoms with E-state index in [0.717, 1.165) is 12.8 Å². The highest BCUT2D eigenvalue weighted by molar-refractivity contribution is 5.85. The molecule has 0 heterocycles. The van der Waals surface area contributed by atoms with Crippen molar-refractivity contribution in [1.29, 1.82) is 0 Å². The maximum Gasteiger partial charge on any atom is 0.324 e. The monoisotopic (exact) mass is 275 g/mol. The summed E-state index contributed by atoms with van der Waals surface area (Å²) in [6.07, 6.45) is 1.96. The van der Waals surface area contributed by atoms with E-state index in [1.165, 1.54) is 6.07 Å². The molecule has 0 fully saturated rings. The van der Waals surface area contributed by atoms with Gasteiger partial charge in [-0.05, 0) is 18.1 Å². The van der Waals surface area contributed by atoms with E-state index in [4.69, 9.17) is 10.8 Å². The molecular formula is C13H19ClFNO2. The topological polar surface area (TPSA) is 63.3 Å². The highest BCUT2D eigenvalue weighted by Crippen LogP contribution is 2.20. The van der Waals surface area contributed by atoms with Crippen LogP contribution in [0, 0.1) is 5.82 Å². The van der Waals surface area contributed by atoms with Crippen LogP contribution < -0.4 is 5.73 Å². The second-order valence-electron chi connectivity index (χ2n) is 4.33. The zero-order valence-corrected chi connectivity index (χ0v) is 11.2. The highest BCUT2D eigenvalue weighted by Gasteiger charge is 2.34. The SMILES string of the molecule is CCCC[C@](N)(Cc1ccccc1F)C(=O)O.Cl. The Morgan fingerprint density at radius 1 is 1.44 bits per heavy atom. The van der Waals surface area contributed by atoms with Crippen molar-refractivity contribution in [3.05, 3.63) is 35.6 Å². The van der Waals surface area contributed by atoms with Crippen LogP contribution in [-0.4, -0.2) is 16.6 Å². The van der Waals surface area contributed by atoms with Gasteiger partial charge in [0.2, 0.25) is 0 Å². The first-order valence-corrected chi connectivity index (χ1v) is 5.75. The first kappa shape index (κ1) is 16.9. The maximum atomic E-state index is 13.5. The standard InChI is InChI=1S/C13H18FNO2.ClH/c1-2-3-8-13(15,12(16)17)9-10-6-4-5-7-11(10)14;/h4-7H,2-3,8-9,15H2,1H3,(H,16,17);1H/t13-;/m0./s1. The van der Waals surface area contributed by atoms with Gasteiger partial charge in [0.1, 0.15) is 11.4 Å². The van der Waals surface area contributed by atoms with Crippen molar-refractivity contribution < 1.29 is 14.3 Å². The molecule has 0 amide bonds. The van der Waals surface area contributed by atoms with E-state index in [0.29, 0.717) is 12.0 Å². The van der Waals surface area contributed by atoms with Gasteiger partial charge in [0.15, 0.2) is 0 Å². The lowest BCUT2D eigenvalue weighted by atomic mass is 9.87. The minimum Gasteiger partial charge on any atom is -0.480 e. The van der Waals surface area contributed by atoms with Crippen LogP contribution in [0.4, 0.5) is 4.39 Å². The Labute approximate surface area is 113 Å². The molecule has 3 N–H and O–H groups in total. The van der Waals surface area contributed by atoms with Gasteiger partial charge in [0, 0.05) is 6.42 Å². The van der Waals surface area contributed by atoms with Crippen LogP contribution in [0.15, 0.2) is 24.3 Å². The Morgan fingerprint density at radius 3 is 2.56 bits per heavy atom. The first-order chi connectivity index (χ1) is 7.99. The molecule has 3 nitrogen and oxygen atoms in total. The van der Waals surface area contributed by atoms with E-state index in [1.54, 1.807) is 18.2 Å². The smallest absolute Gasteiger partial charge is 0.324 e. The van der Waals surface area contributed by atoms with Gasteiger partial charge in [0.25, 0.3) is 0 Å². The van der Waals surface area contributed by atoms with E-state index in [-0.39, 0.29) is 18.8 Å². The number of carboxylic acids is 1. The number of hydrogen-bond acceptors (Lipinski definition) is 2. The zero-order chi connectivity index (χ0) is 12.9. The molecule has 0 bridgehead atoms. The summed E-state index contributed by atoms with van der Waals surface area (Å²) in [5.74, 6) is -1.48. The number of benzene rings is 1. The molecule has 1 aromatic carbocycles. The fourth-order valence-electron chi connectivity index (χ4n) is 1.74. The van der Waals surface area contributed by atoms with Crippen LogP contribution in [0.3, 0.4) is 0 Å². The Bertz CT molecular complexity index is 400. The molecule has 0 saturated heterocycles. The predicted octanol–water partition coefficient (Wildman–Crippen LogP) is 2.76. The van der Waals surface area contributed by atoms with Crippen LogP contribution in [0.5, 0.6) is 0 Å². The van der Waals surface area contributed by atoms with Crippen molar-refractivity contribution in [2.45, 2.75) is 38.1 Å². The number of rotatable bonds is 6.